The molecule has 14 heavy (non-hydrogen) atoms. The van der Waals surface area contributed by atoms with Gasteiger partial charge in [-0.2, -0.15) is 0 Å². The molecule has 0 rings (SSSR count). The lowest BCUT2D eigenvalue weighted by molar-refractivity contribution is -0.132. The first kappa shape index (κ1) is 13.8. The highest BCUT2D eigenvalue weighted by Gasteiger charge is 2.03. The first-order valence-electron chi connectivity index (χ1n) is 5.26. The predicted molar refractivity (Wildman–Crippen MR) is 57.9 cm³/mol. The first-order chi connectivity index (χ1) is 6.52. The molecule has 0 aliphatic carbocycles. The summed E-state index contributed by atoms with van der Waals surface area (Å²) in [6.45, 7) is 7.12. The van der Waals surface area contributed by atoms with Crippen LogP contribution in [0.4, 0.5) is 0 Å². The maximum Gasteiger partial charge on any atom is 0.154 e. The van der Waals surface area contributed by atoms with Crippen LogP contribution in [-0.4, -0.2) is 31.6 Å². The molecule has 0 fully saturated rings. The number of hydrogen-bond donors (Lipinski definition) is 2. The van der Waals surface area contributed by atoms with Gasteiger partial charge in [-0.1, -0.05) is 0 Å². The summed E-state index contributed by atoms with van der Waals surface area (Å²) in [6, 6.07) is 0.373. The molecule has 0 saturated carbocycles. The molecule has 0 saturated heterocycles. The number of rotatable bonds is 8. The minimum atomic E-state index is -0.160. The molecule has 4 heteroatoms. The second-order valence-corrected chi connectivity index (χ2v) is 3.84. The molecule has 0 radical (unpaired) electrons. The summed E-state index contributed by atoms with van der Waals surface area (Å²) in [7, 11) is 0. The van der Waals surface area contributed by atoms with E-state index in [0.29, 0.717) is 13.2 Å². The van der Waals surface area contributed by atoms with Crippen LogP contribution >= 0.6 is 0 Å². The van der Waals surface area contributed by atoms with E-state index in [0.717, 1.165) is 12.8 Å². The van der Waals surface area contributed by atoms with Gasteiger partial charge in [0, 0.05) is 12.1 Å². The summed E-state index contributed by atoms with van der Waals surface area (Å²) in [5.41, 5.74) is 11.2. The zero-order valence-corrected chi connectivity index (χ0v) is 9.53. The summed E-state index contributed by atoms with van der Waals surface area (Å²) >= 11 is 0. The highest BCUT2D eigenvalue weighted by molar-refractivity contribution is 4.52. The molecule has 86 valence electrons. The van der Waals surface area contributed by atoms with Gasteiger partial charge in [0.2, 0.25) is 0 Å². The van der Waals surface area contributed by atoms with Crippen molar-refractivity contribution in [2.24, 2.45) is 11.5 Å². The molecule has 0 aliphatic rings. The zero-order chi connectivity index (χ0) is 11.0. The minimum Gasteiger partial charge on any atom is -0.353 e. The average molecular weight is 204 g/mol. The van der Waals surface area contributed by atoms with Crippen molar-refractivity contribution in [1.29, 1.82) is 0 Å². The van der Waals surface area contributed by atoms with E-state index < -0.39 is 0 Å². The topological polar surface area (TPSA) is 70.5 Å². The Bertz CT molecular complexity index is 115. The molecule has 4 N–H and O–H groups in total. The molecule has 0 spiro atoms. The van der Waals surface area contributed by atoms with Gasteiger partial charge in [-0.3, -0.25) is 0 Å². The Morgan fingerprint density at radius 2 is 1.21 bits per heavy atom. The molecule has 2 atom stereocenters. The summed E-state index contributed by atoms with van der Waals surface area (Å²) in [6.07, 6.45) is 1.56. The molecule has 0 bridgehead atoms. The normalized spacial score (nSPS) is 17.8. The molecular weight excluding hydrogens is 180 g/mol. The lowest BCUT2D eigenvalue weighted by Gasteiger charge is -2.15. The molecular formula is C10H24N2O2. The van der Waals surface area contributed by atoms with Crippen LogP contribution in [0.5, 0.6) is 0 Å². The van der Waals surface area contributed by atoms with E-state index in [9.17, 15) is 0 Å². The standard InChI is InChI=1S/C10H24N2O2/c1-8(11)4-6-13-10(3)14-7-5-9(2)12/h8-10H,4-7,11-12H2,1-3H3. The Morgan fingerprint density at radius 1 is 0.857 bits per heavy atom. The molecule has 0 aromatic heterocycles. The fourth-order valence-electron chi connectivity index (χ4n) is 0.888. The van der Waals surface area contributed by atoms with Gasteiger partial charge < -0.3 is 20.9 Å². The lowest BCUT2D eigenvalue weighted by atomic mass is 10.3. The highest BCUT2D eigenvalue weighted by Crippen LogP contribution is 1.98. The van der Waals surface area contributed by atoms with E-state index in [4.69, 9.17) is 20.9 Å². The van der Waals surface area contributed by atoms with Crippen LogP contribution in [0.25, 0.3) is 0 Å². The van der Waals surface area contributed by atoms with E-state index in [1.165, 1.54) is 0 Å². The van der Waals surface area contributed by atoms with Gasteiger partial charge >= 0.3 is 0 Å². The Labute approximate surface area is 86.9 Å². The molecule has 2 unspecified atom stereocenters. The zero-order valence-electron chi connectivity index (χ0n) is 9.53. The van der Waals surface area contributed by atoms with Crippen LogP contribution in [0.1, 0.15) is 33.6 Å². The van der Waals surface area contributed by atoms with Gasteiger partial charge in [-0.15, -0.1) is 0 Å². The second-order valence-electron chi connectivity index (χ2n) is 3.84. The molecule has 0 heterocycles. The Kier molecular flexibility index (Phi) is 8.08. The van der Waals surface area contributed by atoms with Gasteiger partial charge in [-0.05, 0) is 33.6 Å². The van der Waals surface area contributed by atoms with Crippen LogP contribution in [0.3, 0.4) is 0 Å². The maximum absolute atomic E-state index is 5.58. The largest absolute Gasteiger partial charge is 0.353 e. The quantitative estimate of drug-likeness (QED) is 0.575. The molecule has 4 nitrogen and oxygen atoms in total. The molecule has 0 aromatic carbocycles. The monoisotopic (exact) mass is 204 g/mol. The Hall–Kier alpha value is -0.160. The number of hydrogen-bond acceptors (Lipinski definition) is 4. The third kappa shape index (κ3) is 9.92. The Balaban J connectivity index is 3.23. The fourth-order valence-corrected chi connectivity index (χ4v) is 0.888. The van der Waals surface area contributed by atoms with Crippen molar-refractivity contribution < 1.29 is 9.47 Å². The van der Waals surface area contributed by atoms with Crippen molar-refractivity contribution in [2.45, 2.75) is 52.0 Å². The van der Waals surface area contributed by atoms with E-state index in [1.807, 2.05) is 20.8 Å². The third-order valence-corrected chi connectivity index (χ3v) is 1.85. The van der Waals surface area contributed by atoms with E-state index >= 15 is 0 Å². The molecule has 0 aromatic rings. The van der Waals surface area contributed by atoms with Crippen LogP contribution < -0.4 is 11.5 Å². The lowest BCUT2D eigenvalue weighted by Crippen LogP contribution is -2.23. The van der Waals surface area contributed by atoms with Crippen molar-refractivity contribution in [1.82, 2.24) is 0 Å². The van der Waals surface area contributed by atoms with Crippen molar-refractivity contribution in [3.05, 3.63) is 0 Å². The van der Waals surface area contributed by atoms with Crippen LogP contribution in [0, 0.1) is 0 Å². The first-order valence-corrected chi connectivity index (χ1v) is 5.26. The maximum atomic E-state index is 5.58. The van der Waals surface area contributed by atoms with Gasteiger partial charge in [0.05, 0.1) is 13.2 Å². The number of nitrogens with two attached hydrogens (primary N) is 2. The van der Waals surface area contributed by atoms with Crippen molar-refractivity contribution in [3.8, 4) is 0 Å². The van der Waals surface area contributed by atoms with Gasteiger partial charge in [0.1, 0.15) is 0 Å². The molecule has 0 amide bonds. The summed E-state index contributed by atoms with van der Waals surface area (Å²) in [5.74, 6) is 0. The van der Waals surface area contributed by atoms with Gasteiger partial charge in [0.15, 0.2) is 6.29 Å². The molecule has 0 aliphatic heterocycles. The fraction of sp³-hybridized carbons (Fsp3) is 1.00. The van der Waals surface area contributed by atoms with E-state index in [2.05, 4.69) is 0 Å². The smallest absolute Gasteiger partial charge is 0.154 e. The predicted octanol–water partition coefficient (Wildman–Crippen LogP) is 0.840. The summed E-state index contributed by atoms with van der Waals surface area (Å²) in [4.78, 5) is 0. The van der Waals surface area contributed by atoms with E-state index in [-0.39, 0.29) is 18.4 Å². The van der Waals surface area contributed by atoms with E-state index in [1.54, 1.807) is 0 Å². The Morgan fingerprint density at radius 3 is 1.50 bits per heavy atom. The van der Waals surface area contributed by atoms with Crippen molar-refractivity contribution in [3.63, 3.8) is 0 Å². The van der Waals surface area contributed by atoms with Crippen LogP contribution in [0.15, 0.2) is 0 Å². The van der Waals surface area contributed by atoms with Crippen LogP contribution in [-0.2, 0) is 9.47 Å². The van der Waals surface area contributed by atoms with Crippen molar-refractivity contribution in [2.75, 3.05) is 13.2 Å². The minimum absolute atomic E-state index is 0.160. The highest BCUT2D eigenvalue weighted by atomic mass is 16.7. The van der Waals surface area contributed by atoms with Gasteiger partial charge in [-0.25, -0.2) is 0 Å². The third-order valence-electron chi connectivity index (χ3n) is 1.85. The van der Waals surface area contributed by atoms with Crippen molar-refractivity contribution >= 4 is 0 Å². The average Bonchev–Trinajstić information content (AvgIpc) is 2.02. The summed E-state index contributed by atoms with van der Waals surface area (Å²) < 4.78 is 10.8. The summed E-state index contributed by atoms with van der Waals surface area (Å²) in [5, 5.41) is 0. The van der Waals surface area contributed by atoms with Gasteiger partial charge in [0.25, 0.3) is 0 Å². The second kappa shape index (κ2) is 8.17. The number of ether oxygens (including phenoxy) is 2. The SMILES string of the molecule is CC(N)CCOC(C)OCCC(C)N. The van der Waals surface area contributed by atoms with Crippen LogP contribution in [0.2, 0.25) is 0 Å².